The monoisotopic (exact) mass is 286 g/mol. The Morgan fingerprint density at radius 2 is 2.47 bits per heavy atom. The van der Waals surface area contributed by atoms with Crippen molar-refractivity contribution < 1.29 is 14.8 Å². The maximum atomic E-state index is 11.0. The lowest BCUT2D eigenvalue weighted by Gasteiger charge is -2.34. The number of rotatable bonds is 4. The third-order valence-corrected chi connectivity index (χ3v) is 3.99. The fourth-order valence-electron chi connectivity index (χ4n) is 2.10. The van der Waals surface area contributed by atoms with Crippen molar-refractivity contribution in [1.29, 1.82) is 0 Å². The van der Waals surface area contributed by atoms with Crippen LogP contribution in [-0.2, 0) is 11.8 Å². The Hall–Kier alpha value is -1.77. The fourth-order valence-corrected chi connectivity index (χ4v) is 3.16. The van der Waals surface area contributed by atoms with Gasteiger partial charge in [0.1, 0.15) is 6.20 Å². The second-order valence-corrected chi connectivity index (χ2v) is 5.44. The molecule has 0 aliphatic carbocycles. The molecule has 1 aromatic heterocycles. The molecular formula is C10H14N4O4S. The van der Waals surface area contributed by atoms with Gasteiger partial charge in [0.15, 0.2) is 0 Å². The van der Waals surface area contributed by atoms with Crippen molar-refractivity contribution in [3.8, 4) is 0 Å². The van der Waals surface area contributed by atoms with E-state index in [1.54, 1.807) is 23.7 Å². The van der Waals surface area contributed by atoms with E-state index >= 15 is 0 Å². The van der Waals surface area contributed by atoms with Gasteiger partial charge in [0.25, 0.3) is 0 Å². The Labute approximate surface area is 113 Å². The average molecular weight is 286 g/mol. The molecule has 0 saturated carbocycles. The van der Waals surface area contributed by atoms with Gasteiger partial charge < -0.3 is 10.0 Å². The first kappa shape index (κ1) is 13.7. The molecule has 1 aliphatic heterocycles. The summed E-state index contributed by atoms with van der Waals surface area (Å²) in [5.74, 6) is 0.805. The molecule has 2 rings (SSSR count). The van der Waals surface area contributed by atoms with Crippen LogP contribution in [0, 0.1) is 10.1 Å². The summed E-state index contributed by atoms with van der Waals surface area (Å²) in [5, 5.41) is 24.0. The van der Waals surface area contributed by atoms with Crippen molar-refractivity contribution in [1.82, 2.24) is 9.78 Å². The van der Waals surface area contributed by atoms with Crippen LogP contribution >= 0.6 is 11.8 Å². The van der Waals surface area contributed by atoms with E-state index in [4.69, 9.17) is 5.11 Å². The number of carbonyl (C=O) groups is 1. The summed E-state index contributed by atoms with van der Waals surface area (Å²) in [4.78, 5) is 23.1. The minimum absolute atomic E-state index is 0.0409. The highest BCUT2D eigenvalue weighted by Gasteiger charge is 2.32. The third-order valence-electron chi connectivity index (χ3n) is 2.90. The van der Waals surface area contributed by atoms with E-state index in [1.165, 1.54) is 10.9 Å². The zero-order valence-electron chi connectivity index (χ0n) is 10.4. The molecule has 1 saturated heterocycles. The van der Waals surface area contributed by atoms with Crippen LogP contribution in [0.25, 0.3) is 0 Å². The number of aliphatic carboxylic acids is 1. The summed E-state index contributed by atoms with van der Waals surface area (Å²) in [6.45, 7) is 0.570. The van der Waals surface area contributed by atoms with Crippen molar-refractivity contribution in [2.75, 3.05) is 23.0 Å². The predicted octanol–water partition coefficient (Wildman–Crippen LogP) is 0.725. The maximum absolute atomic E-state index is 11.0. The third kappa shape index (κ3) is 2.98. The number of thioether (sulfide) groups is 1. The topological polar surface area (TPSA) is 102 Å². The van der Waals surface area contributed by atoms with Crippen molar-refractivity contribution in [2.45, 2.75) is 12.5 Å². The molecule has 1 unspecified atom stereocenters. The quantitative estimate of drug-likeness (QED) is 0.643. The summed E-state index contributed by atoms with van der Waals surface area (Å²) < 4.78 is 1.38. The van der Waals surface area contributed by atoms with Crippen LogP contribution in [0.4, 0.5) is 11.5 Å². The molecule has 1 aliphatic rings. The van der Waals surface area contributed by atoms with Gasteiger partial charge in [-0.15, -0.1) is 5.10 Å². The first-order chi connectivity index (χ1) is 8.99. The highest BCUT2D eigenvalue weighted by Crippen LogP contribution is 2.31. The predicted molar refractivity (Wildman–Crippen MR) is 70.6 cm³/mol. The highest BCUT2D eigenvalue weighted by atomic mass is 32.2. The number of aromatic nitrogens is 2. The second-order valence-electron chi connectivity index (χ2n) is 4.29. The molecule has 0 aromatic carbocycles. The zero-order valence-corrected chi connectivity index (χ0v) is 11.2. The lowest BCUT2D eigenvalue weighted by Crippen LogP contribution is -2.44. The number of nitro groups is 1. The average Bonchev–Trinajstić information content (AvgIpc) is 2.71. The summed E-state index contributed by atoms with van der Waals surface area (Å²) in [5.41, 5.74) is -0.0789. The van der Waals surface area contributed by atoms with Crippen molar-refractivity contribution in [2.24, 2.45) is 7.05 Å². The number of aryl methyl sites for hydroxylation is 1. The van der Waals surface area contributed by atoms with Gasteiger partial charge in [-0.2, -0.15) is 11.8 Å². The van der Waals surface area contributed by atoms with E-state index in [0.29, 0.717) is 12.3 Å². The molecule has 1 aromatic rings. The van der Waals surface area contributed by atoms with Gasteiger partial charge in [-0.3, -0.25) is 19.6 Å². The number of hydrogen-bond donors (Lipinski definition) is 1. The SMILES string of the molecule is Cn1cc([N+](=O)[O-])c(N2CCSCC2CC(=O)O)n1. The second kappa shape index (κ2) is 5.47. The molecule has 9 heteroatoms. The van der Waals surface area contributed by atoms with E-state index < -0.39 is 10.9 Å². The fraction of sp³-hybridized carbons (Fsp3) is 0.600. The van der Waals surface area contributed by atoms with Crippen molar-refractivity contribution in [3.05, 3.63) is 16.3 Å². The minimum Gasteiger partial charge on any atom is -0.481 e. The van der Waals surface area contributed by atoms with E-state index in [-0.39, 0.29) is 24.0 Å². The van der Waals surface area contributed by atoms with Gasteiger partial charge in [-0.1, -0.05) is 0 Å². The number of nitrogens with zero attached hydrogens (tertiary/aromatic N) is 4. The van der Waals surface area contributed by atoms with Gasteiger partial charge in [-0.05, 0) is 0 Å². The van der Waals surface area contributed by atoms with E-state index in [1.807, 2.05) is 0 Å². The van der Waals surface area contributed by atoms with Crippen LogP contribution in [0.2, 0.25) is 0 Å². The Bertz CT molecular complexity index is 504. The van der Waals surface area contributed by atoms with Crippen LogP contribution in [0.5, 0.6) is 0 Å². The van der Waals surface area contributed by atoms with Gasteiger partial charge in [0.05, 0.1) is 17.4 Å². The van der Waals surface area contributed by atoms with Gasteiger partial charge in [0.2, 0.25) is 5.82 Å². The van der Waals surface area contributed by atoms with Crippen LogP contribution in [0.15, 0.2) is 6.20 Å². The summed E-state index contributed by atoms with van der Waals surface area (Å²) >= 11 is 1.66. The van der Waals surface area contributed by atoms with Gasteiger partial charge in [0, 0.05) is 25.1 Å². The molecule has 8 nitrogen and oxygen atoms in total. The molecule has 0 radical (unpaired) electrons. The lowest BCUT2D eigenvalue weighted by atomic mass is 10.2. The normalized spacial score (nSPS) is 19.4. The van der Waals surface area contributed by atoms with Crippen LogP contribution in [-0.4, -0.2) is 49.9 Å². The number of hydrogen-bond acceptors (Lipinski definition) is 6. The van der Waals surface area contributed by atoms with Crippen molar-refractivity contribution in [3.63, 3.8) is 0 Å². The van der Waals surface area contributed by atoms with Crippen LogP contribution < -0.4 is 4.90 Å². The van der Waals surface area contributed by atoms with E-state index in [0.717, 1.165) is 5.75 Å². The molecule has 0 bridgehead atoms. The van der Waals surface area contributed by atoms with Gasteiger partial charge >= 0.3 is 11.7 Å². The van der Waals surface area contributed by atoms with Crippen LogP contribution in [0.3, 0.4) is 0 Å². The molecule has 0 amide bonds. The molecule has 0 spiro atoms. The molecule has 2 heterocycles. The largest absolute Gasteiger partial charge is 0.481 e. The first-order valence-electron chi connectivity index (χ1n) is 5.73. The Kier molecular flexibility index (Phi) is 3.93. The molecule has 1 N–H and O–H groups in total. The number of carboxylic acids is 1. The Morgan fingerprint density at radius 1 is 1.74 bits per heavy atom. The van der Waals surface area contributed by atoms with E-state index in [2.05, 4.69) is 5.10 Å². The smallest absolute Gasteiger partial charge is 0.330 e. The van der Waals surface area contributed by atoms with Gasteiger partial charge in [-0.25, -0.2) is 0 Å². The summed E-state index contributed by atoms with van der Waals surface area (Å²) in [7, 11) is 1.61. The number of carboxylic acid groups (broad SMARTS) is 1. The molecular weight excluding hydrogens is 272 g/mol. The zero-order chi connectivity index (χ0) is 14.0. The number of anilines is 1. The lowest BCUT2D eigenvalue weighted by molar-refractivity contribution is -0.384. The molecule has 1 fully saturated rings. The molecule has 1 atom stereocenters. The molecule has 104 valence electrons. The van der Waals surface area contributed by atoms with Crippen molar-refractivity contribution >= 4 is 29.2 Å². The molecule has 19 heavy (non-hydrogen) atoms. The minimum atomic E-state index is -0.906. The first-order valence-corrected chi connectivity index (χ1v) is 6.88. The Morgan fingerprint density at radius 3 is 3.11 bits per heavy atom. The maximum Gasteiger partial charge on any atom is 0.330 e. The highest BCUT2D eigenvalue weighted by molar-refractivity contribution is 7.99. The Balaban J connectivity index is 2.31. The van der Waals surface area contributed by atoms with E-state index in [9.17, 15) is 14.9 Å². The standard InChI is InChI=1S/C10H14N4O4S/c1-12-5-8(14(17)18)10(11-12)13-2-3-19-6-7(13)4-9(15)16/h5,7H,2-4,6H2,1H3,(H,15,16). The van der Waals surface area contributed by atoms with Crippen LogP contribution in [0.1, 0.15) is 6.42 Å². The summed E-state index contributed by atoms with van der Waals surface area (Å²) in [6.07, 6.45) is 1.30. The summed E-state index contributed by atoms with van der Waals surface area (Å²) in [6, 6.07) is -0.259.